The zero-order chi connectivity index (χ0) is 24.7. The molecular formula is C24H25N3O6S. The lowest BCUT2D eigenvalue weighted by Crippen LogP contribution is -2.15. The number of nitrogens with one attached hydrogen (secondary N) is 2. The number of sulfonamides is 1. The molecule has 0 unspecified atom stereocenters. The van der Waals surface area contributed by atoms with Crippen LogP contribution in [0.4, 0.5) is 11.4 Å². The van der Waals surface area contributed by atoms with Crippen LogP contribution in [0, 0.1) is 0 Å². The zero-order valence-corrected chi connectivity index (χ0v) is 19.5. The summed E-state index contributed by atoms with van der Waals surface area (Å²) in [6.45, 7) is 0. The fraction of sp³-hybridized carbons (Fsp3) is 0.167. The van der Waals surface area contributed by atoms with Crippen LogP contribution in [-0.4, -0.2) is 34.5 Å². The quantitative estimate of drug-likeness (QED) is 0.428. The Kier molecular flexibility index (Phi) is 7.87. The molecule has 0 saturated carbocycles. The molecule has 0 radical (unpaired) electrons. The molecule has 4 N–H and O–H groups in total. The van der Waals surface area contributed by atoms with Crippen LogP contribution >= 0.6 is 0 Å². The fourth-order valence-electron chi connectivity index (χ4n) is 3.19. The number of anilines is 2. The Balaban J connectivity index is 1.70. The van der Waals surface area contributed by atoms with Gasteiger partial charge in [-0.25, -0.2) is 13.6 Å². The molecule has 0 saturated heterocycles. The van der Waals surface area contributed by atoms with Crippen LogP contribution < -0.4 is 25.2 Å². The molecular weight excluding hydrogens is 458 g/mol. The first kappa shape index (κ1) is 24.7. The van der Waals surface area contributed by atoms with Crippen molar-refractivity contribution in [3.63, 3.8) is 0 Å². The summed E-state index contributed by atoms with van der Waals surface area (Å²) in [5, 5.41) is 10.7. The van der Waals surface area contributed by atoms with Gasteiger partial charge < -0.3 is 20.1 Å². The maximum absolute atomic E-state index is 12.5. The highest BCUT2D eigenvalue weighted by Gasteiger charge is 2.16. The van der Waals surface area contributed by atoms with E-state index >= 15 is 0 Å². The highest BCUT2D eigenvalue weighted by molar-refractivity contribution is 7.89. The third-order valence-corrected chi connectivity index (χ3v) is 5.90. The molecule has 0 bridgehead atoms. The Morgan fingerprint density at radius 3 is 1.94 bits per heavy atom. The van der Waals surface area contributed by atoms with Crippen molar-refractivity contribution in [1.82, 2.24) is 0 Å². The number of aryl methyl sites for hydroxylation is 1. The fourth-order valence-corrected chi connectivity index (χ4v) is 3.71. The molecule has 3 rings (SSSR count). The monoisotopic (exact) mass is 483 g/mol. The lowest BCUT2D eigenvalue weighted by Gasteiger charge is -2.16. The molecule has 0 spiro atoms. The highest BCUT2D eigenvalue weighted by atomic mass is 32.2. The summed E-state index contributed by atoms with van der Waals surface area (Å²) < 4.78 is 33.5. The van der Waals surface area contributed by atoms with E-state index in [9.17, 15) is 18.0 Å². The minimum atomic E-state index is -3.76. The SMILES string of the molecule is COc1cc(NC(=O)c2ccccc2)c(OC)cc1NC(=O)CCc1ccc(S(N)(=O)=O)cc1. The third-order valence-electron chi connectivity index (χ3n) is 4.97. The maximum atomic E-state index is 12.5. The van der Waals surface area contributed by atoms with Crippen LogP contribution in [0.15, 0.2) is 71.6 Å². The number of hydrogen-bond acceptors (Lipinski definition) is 6. The second-order valence-corrected chi connectivity index (χ2v) is 8.87. The van der Waals surface area contributed by atoms with E-state index in [4.69, 9.17) is 14.6 Å². The Morgan fingerprint density at radius 2 is 1.41 bits per heavy atom. The van der Waals surface area contributed by atoms with Gasteiger partial charge in [-0.05, 0) is 36.2 Å². The van der Waals surface area contributed by atoms with E-state index in [-0.39, 0.29) is 23.1 Å². The standard InChI is InChI=1S/C24H25N3O6S/c1-32-21-15-20(27-24(29)17-6-4-3-5-7-17)22(33-2)14-19(21)26-23(28)13-10-16-8-11-18(12-9-16)34(25,30)31/h3-9,11-12,14-15H,10,13H2,1-2H3,(H,26,28)(H,27,29)(H2,25,30,31). The average molecular weight is 484 g/mol. The second kappa shape index (κ2) is 10.8. The summed E-state index contributed by atoms with van der Waals surface area (Å²) >= 11 is 0. The van der Waals surface area contributed by atoms with Gasteiger partial charge in [0.2, 0.25) is 15.9 Å². The Morgan fingerprint density at radius 1 is 0.853 bits per heavy atom. The summed E-state index contributed by atoms with van der Waals surface area (Å²) in [5.41, 5.74) is 2.04. The first-order chi connectivity index (χ1) is 16.2. The number of carbonyl (C=O) groups excluding carboxylic acids is 2. The van der Waals surface area contributed by atoms with Crippen LogP contribution in [0.25, 0.3) is 0 Å². The van der Waals surface area contributed by atoms with Crippen LogP contribution in [-0.2, 0) is 21.2 Å². The minimum Gasteiger partial charge on any atom is -0.494 e. The predicted molar refractivity (Wildman–Crippen MR) is 129 cm³/mol. The van der Waals surface area contributed by atoms with Gasteiger partial charge in [-0.1, -0.05) is 30.3 Å². The van der Waals surface area contributed by atoms with Gasteiger partial charge >= 0.3 is 0 Å². The number of benzene rings is 3. The van der Waals surface area contributed by atoms with Crippen LogP contribution in [0.3, 0.4) is 0 Å². The molecule has 0 aromatic heterocycles. The van der Waals surface area contributed by atoms with Crippen molar-refractivity contribution in [3.8, 4) is 11.5 Å². The van der Waals surface area contributed by atoms with Crippen molar-refractivity contribution >= 4 is 33.2 Å². The molecule has 3 aromatic carbocycles. The van der Waals surface area contributed by atoms with Gasteiger partial charge in [-0.2, -0.15) is 0 Å². The molecule has 3 aromatic rings. The van der Waals surface area contributed by atoms with Gasteiger partial charge in [0, 0.05) is 24.1 Å². The third kappa shape index (κ3) is 6.33. The van der Waals surface area contributed by atoms with Gasteiger partial charge in [0.1, 0.15) is 11.5 Å². The van der Waals surface area contributed by atoms with Gasteiger partial charge in [0.15, 0.2) is 0 Å². The van der Waals surface area contributed by atoms with Crippen LogP contribution in [0.2, 0.25) is 0 Å². The summed E-state index contributed by atoms with van der Waals surface area (Å²) in [5.74, 6) is 0.0946. The Bertz CT molecular complexity index is 1280. The van der Waals surface area contributed by atoms with E-state index < -0.39 is 10.0 Å². The van der Waals surface area contributed by atoms with E-state index in [1.54, 1.807) is 48.5 Å². The van der Waals surface area contributed by atoms with E-state index in [2.05, 4.69) is 10.6 Å². The summed E-state index contributed by atoms with van der Waals surface area (Å²) in [6.07, 6.45) is 0.536. The predicted octanol–water partition coefficient (Wildman–Crippen LogP) is 3.17. The number of hydrogen-bond donors (Lipinski definition) is 3. The topological polar surface area (TPSA) is 137 Å². The summed E-state index contributed by atoms with van der Waals surface area (Å²) in [6, 6.07) is 17.9. The molecule has 0 fully saturated rings. The van der Waals surface area contributed by atoms with E-state index in [1.165, 1.54) is 26.4 Å². The molecule has 2 amide bonds. The second-order valence-electron chi connectivity index (χ2n) is 7.31. The molecule has 0 atom stereocenters. The van der Waals surface area contributed by atoms with Crippen molar-refractivity contribution in [2.75, 3.05) is 24.9 Å². The molecule has 9 nitrogen and oxygen atoms in total. The van der Waals surface area contributed by atoms with Crippen molar-refractivity contribution < 1.29 is 27.5 Å². The largest absolute Gasteiger partial charge is 0.494 e. The van der Waals surface area contributed by atoms with Crippen LogP contribution in [0.1, 0.15) is 22.3 Å². The van der Waals surface area contributed by atoms with E-state index in [0.29, 0.717) is 34.9 Å². The number of methoxy groups -OCH3 is 2. The normalized spacial score (nSPS) is 10.9. The van der Waals surface area contributed by atoms with Gasteiger partial charge in [0.25, 0.3) is 5.91 Å². The summed E-state index contributed by atoms with van der Waals surface area (Å²) in [7, 11) is -0.857. The highest BCUT2D eigenvalue weighted by Crippen LogP contribution is 2.36. The number of carbonyl (C=O) groups is 2. The van der Waals surface area contributed by atoms with Crippen molar-refractivity contribution in [1.29, 1.82) is 0 Å². The van der Waals surface area contributed by atoms with E-state index in [1.807, 2.05) is 6.07 Å². The van der Waals surface area contributed by atoms with E-state index in [0.717, 1.165) is 5.56 Å². The van der Waals surface area contributed by atoms with Crippen molar-refractivity contribution in [3.05, 3.63) is 77.9 Å². The Hall–Kier alpha value is -3.89. The average Bonchev–Trinajstić information content (AvgIpc) is 2.83. The van der Waals surface area contributed by atoms with Gasteiger partial charge in [-0.15, -0.1) is 0 Å². The van der Waals surface area contributed by atoms with Crippen LogP contribution in [0.5, 0.6) is 11.5 Å². The lowest BCUT2D eigenvalue weighted by molar-refractivity contribution is -0.116. The van der Waals surface area contributed by atoms with Gasteiger partial charge in [-0.3, -0.25) is 9.59 Å². The number of ether oxygens (including phenoxy) is 2. The summed E-state index contributed by atoms with van der Waals surface area (Å²) in [4.78, 5) is 25.1. The molecule has 0 aliphatic heterocycles. The van der Waals surface area contributed by atoms with Crippen molar-refractivity contribution in [2.45, 2.75) is 17.7 Å². The maximum Gasteiger partial charge on any atom is 0.255 e. The molecule has 10 heteroatoms. The molecule has 0 heterocycles. The zero-order valence-electron chi connectivity index (χ0n) is 18.7. The first-order valence-electron chi connectivity index (χ1n) is 10.3. The smallest absolute Gasteiger partial charge is 0.255 e. The molecule has 178 valence electrons. The Labute approximate surface area is 197 Å². The lowest BCUT2D eigenvalue weighted by atomic mass is 10.1. The number of primary sulfonamides is 1. The number of nitrogens with two attached hydrogens (primary N) is 1. The first-order valence-corrected chi connectivity index (χ1v) is 11.8. The van der Waals surface area contributed by atoms with Gasteiger partial charge in [0.05, 0.1) is 30.5 Å². The molecule has 0 aliphatic carbocycles. The van der Waals surface area contributed by atoms with Crippen molar-refractivity contribution in [2.24, 2.45) is 5.14 Å². The minimum absolute atomic E-state index is 0.0111. The molecule has 34 heavy (non-hydrogen) atoms. The molecule has 0 aliphatic rings. The number of rotatable bonds is 9. The number of amides is 2.